The molecular weight excluding hydrogens is 1100 g/mol. The summed E-state index contributed by atoms with van der Waals surface area (Å²) < 4.78 is 14.4. The summed E-state index contributed by atoms with van der Waals surface area (Å²) in [6, 6.07) is 110. The summed E-state index contributed by atoms with van der Waals surface area (Å²) in [5.41, 5.74) is 19.3. The topological polar surface area (TPSA) is 55.4 Å². The molecule has 0 N–H and O–H groups in total. The minimum Gasteiger partial charge on any atom is -0.309 e. The first kappa shape index (κ1) is 48.9. The monoisotopic (exact) mass is 1150 g/mol. The van der Waals surface area contributed by atoms with Crippen molar-refractivity contribution in [2.45, 2.75) is 0 Å². The van der Waals surface area contributed by atoms with Crippen LogP contribution < -0.4 is 0 Å². The zero-order chi connectivity index (χ0) is 58.7. The van der Waals surface area contributed by atoms with Gasteiger partial charge in [0.2, 0.25) is 11.9 Å². The molecule has 6 aromatic heterocycles. The van der Waals surface area contributed by atoms with E-state index in [9.17, 15) is 0 Å². The minimum atomic E-state index is 0.823. The molecule has 0 amide bonds. The molecule has 0 saturated carbocycles. The van der Waals surface area contributed by atoms with Gasteiger partial charge >= 0.3 is 0 Å². The average molecular weight is 1150 g/mol. The molecule has 0 aliphatic heterocycles. The molecule has 0 aliphatic carbocycles. The first-order valence-electron chi connectivity index (χ1n) is 30.7. The van der Waals surface area contributed by atoms with Crippen LogP contribution in [-0.2, 0) is 0 Å². The lowest BCUT2D eigenvalue weighted by Crippen LogP contribution is -2.06. The predicted molar refractivity (Wildman–Crippen MR) is 374 cm³/mol. The summed E-state index contributed by atoms with van der Waals surface area (Å²) in [5, 5.41) is 14.1. The van der Waals surface area contributed by atoms with Crippen molar-refractivity contribution in [2.24, 2.45) is 0 Å². The molecule has 20 rings (SSSR count). The normalized spacial score (nSPS) is 12.2. The van der Waals surface area contributed by atoms with E-state index in [0.717, 1.165) is 123 Å². The molecule has 6 heterocycles. The van der Waals surface area contributed by atoms with Crippen LogP contribution in [0.25, 0.3) is 177 Å². The number of aromatic nitrogens is 8. The Bertz CT molecular complexity index is 6380. The second-order valence-electron chi connectivity index (χ2n) is 23.8. The standard InChI is InChI=1S/C82H50N8/c1-5-23-56(24-6-1)85-70-34-18-16-32-61(70)66-49-77-67(50-76(66)85)65-46-52-21-13-14-22-53(52)48-75(65)89(77)81-84-69-47-55(40-43-73(69)88(81)59-29-11-4-12-30-59)54-38-37-51-39-44-74-78(64(51)45-54)63-42-41-62-60-31-15-19-35-71(60)86(57-25-7-2-8-26-57)79(62)80(63)90(74)82-83-68-33-17-20-36-72(68)87(82)58-27-9-3-10-28-58/h1-50H. The van der Waals surface area contributed by atoms with Crippen molar-refractivity contribution < 1.29 is 0 Å². The maximum absolute atomic E-state index is 5.82. The molecule has 0 aliphatic rings. The first-order chi connectivity index (χ1) is 44.7. The van der Waals surface area contributed by atoms with Crippen molar-refractivity contribution >= 4 is 131 Å². The third-order valence-electron chi connectivity index (χ3n) is 18.9. The predicted octanol–water partition coefficient (Wildman–Crippen LogP) is 20.7. The van der Waals surface area contributed by atoms with Crippen LogP contribution in [0, 0.1) is 0 Å². The quantitative estimate of drug-likeness (QED) is 0.160. The summed E-state index contributed by atoms with van der Waals surface area (Å²) in [5.74, 6) is 1.65. The van der Waals surface area contributed by atoms with E-state index in [0.29, 0.717) is 0 Å². The van der Waals surface area contributed by atoms with Gasteiger partial charge in [0.05, 0.1) is 66.2 Å². The molecule has 8 heteroatoms. The number of benzene rings is 14. The van der Waals surface area contributed by atoms with Crippen molar-refractivity contribution in [3.63, 3.8) is 0 Å². The number of fused-ring (bicyclic) bond motifs is 18. The second kappa shape index (κ2) is 18.6. The van der Waals surface area contributed by atoms with Gasteiger partial charge in [0.1, 0.15) is 0 Å². The van der Waals surface area contributed by atoms with Crippen LogP contribution in [0.15, 0.2) is 303 Å². The largest absolute Gasteiger partial charge is 0.309 e. The molecule has 90 heavy (non-hydrogen) atoms. The van der Waals surface area contributed by atoms with E-state index in [-0.39, 0.29) is 0 Å². The summed E-state index contributed by atoms with van der Waals surface area (Å²) in [6.45, 7) is 0. The van der Waals surface area contributed by atoms with E-state index in [4.69, 9.17) is 9.97 Å². The molecule has 418 valence electrons. The van der Waals surface area contributed by atoms with E-state index >= 15 is 0 Å². The van der Waals surface area contributed by atoms with Crippen LogP contribution in [0.5, 0.6) is 0 Å². The molecule has 14 aromatic carbocycles. The van der Waals surface area contributed by atoms with Gasteiger partial charge in [0.25, 0.3) is 0 Å². The summed E-state index contributed by atoms with van der Waals surface area (Å²) in [7, 11) is 0. The van der Waals surface area contributed by atoms with Crippen molar-refractivity contribution in [1.82, 2.24) is 37.4 Å². The Morgan fingerprint density at radius 2 is 0.644 bits per heavy atom. The molecule has 0 bridgehead atoms. The van der Waals surface area contributed by atoms with Gasteiger partial charge in [-0.1, -0.05) is 182 Å². The summed E-state index contributed by atoms with van der Waals surface area (Å²) >= 11 is 0. The number of imidazole rings is 2. The van der Waals surface area contributed by atoms with Crippen LogP contribution in [0.1, 0.15) is 0 Å². The number of para-hydroxylation sites is 8. The fourth-order valence-corrected chi connectivity index (χ4v) is 15.1. The van der Waals surface area contributed by atoms with Gasteiger partial charge in [0.15, 0.2) is 0 Å². The highest BCUT2D eigenvalue weighted by atomic mass is 15.3. The molecule has 0 saturated heterocycles. The molecule has 0 unspecified atom stereocenters. The van der Waals surface area contributed by atoms with Gasteiger partial charge in [-0.05, 0) is 154 Å². The third kappa shape index (κ3) is 6.89. The minimum absolute atomic E-state index is 0.823. The Balaban J connectivity index is 0.850. The molecule has 0 fully saturated rings. The first-order valence-corrected chi connectivity index (χ1v) is 30.7. The lowest BCUT2D eigenvalue weighted by atomic mass is 9.97. The SMILES string of the molecule is c1ccc(-n2c(-n3c4cc5ccccc5cc4c4cc5c(cc43)c3ccccc3n5-c3ccccc3)nc3cc(-c4ccc5ccc6c(c5c4)c4ccc5c7ccccc7n(-c7ccccc7)c5c4n6-c4nc5ccccc5n4-c4ccccc4)ccc32)cc1. The summed E-state index contributed by atoms with van der Waals surface area (Å²) in [6.07, 6.45) is 0. The van der Waals surface area contributed by atoms with Crippen LogP contribution >= 0.6 is 0 Å². The number of nitrogens with zero attached hydrogens (tertiary/aromatic N) is 8. The van der Waals surface area contributed by atoms with Crippen LogP contribution in [0.3, 0.4) is 0 Å². The highest BCUT2D eigenvalue weighted by molar-refractivity contribution is 6.29. The molecular formula is C82H50N8. The Morgan fingerprint density at radius 3 is 1.34 bits per heavy atom. The fraction of sp³-hybridized carbons (Fsp3) is 0. The zero-order valence-electron chi connectivity index (χ0n) is 48.4. The Hall–Kier alpha value is -12.3. The van der Waals surface area contributed by atoms with E-state index in [1.54, 1.807) is 0 Å². The van der Waals surface area contributed by atoms with E-state index in [1.165, 1.54) is 54.0 Å². The van der Waals surface area contributed by atoms with Crippen molar-refractivity contribution in [2.75, 3.05) is 0 Å². The van der Waals surface area contributed by atoms with Crippen molar-refractivity contribution in [1.29, 1.82) is 0 Å². The van der Waals surface area contributed by atoms with E-state index in [1.807, 2.05) is 0 Å². The Labute approximate surface area is 514 Å². The number of rotatable bonds is 7. The average Bonchev–Trinajstić information content (AvgIpc) is 1.55. The van der Waals surface area contributed by atoms with Crippen LogP contribution in [0.4, 0.5) is 0 Å². The highest BCUT2D eigenvalue weighted by Crippen LogP contribution is 2.47. The van der Waals surface area contributed by atoms with Crippen LogP contribution in [-0.4, -0.2) is 37.4 Å². The van der Waals surface area contributed by atoms with Gasteiger partial charge in [-0.2, -0.15) is 0 Å². The Kier molecular flexibility index (Phi) is 10.1. The van der Waals surface area contributed by atoms with Gasteiger partial charge in [-0.3, -0.25) is 18.3 Å². The maximum Gasteiger partial charge on any atom is 0.220 e. The Morgan fingerprint density at radius 1 is 0.200 bits per heavy atom. The number of hydrogen-bond acceptors (Lipinski definition) is 2. The van der Waals surface area contributed by atoms with E-state index < -0.39 is 0 Å². The molecule has 0 radical (unpaired) electrons. The zero-order valence-corrected chi connectivity index (χ0v) is 48.4. The molecule has 0 spiro atoms. The molecule has 20 aromatic rings. The van der Waals surface area contributed by atoms with Crippen molar-refractivity contribution in [3.05, 3.63) is 303 Å². The number of hydrogen-bond donors (Lipinski definition) is 0. The summed E-state index contributed by atoms with van der Waals surface area (Å²) in [4.78, 5) is 11.4. The second-order valence-corrected chi connectivity index (χ2v) is 23.8. The lowest BCUT2D eigenvalue weighted by molar-refractivity contribution is 0.956. The highest BCUT2D eigenvalue weighted by Gasteiger charge is 2.28. The van der Waals surface area contributed by atoms with Gasteiger partial charge in [0, 0.05) is 65.8 Å². The fourth-order valence-electron chi connectivity index (χ4n) is 15.1. The lowest BCUT2D eigenvalue weighted by Gasteiger charge is -2.14. The molecule has 8 nitrogen and oxygen atoms in total. The van der Waals surface area contributed by atoms with Gasteiger partial charge in [-0.25, -0.2) is 9.97 Å². The molecule has 0 atom stereocenters. The smallest absolute Gasteiger partial charge is 0.220 e. The third-order valence-corrected chi connectivity index (χ3v) is 18.9. The maximum atomic E-state index is 5.82. The van der Waals surface area contributed by atoms with Crippen LogP contribution in [0.2, 0.25) is 0 Å². The van der Waals surface area contributed by atoms with Crippen molar-refractivity contribution in [3.8, 4) is 45.8 Å². The van der Waals surface area contributed by atoms with E-state index in [2.05, 4.69) is 331 Å². The van der Waals surface area contributed by atoms with Gasteiger partial charge < -0.3 is 9.13 Å². The van der Waals surface area contributed by atoms with Gasteiger partial charge in [-0.15, -0.1) is 0 Å².